The Hall–Kier alpha value is -4.11. The Bertz CT molecular complexity index is 1350. The first-order valence-electron chi connectivity index (χ1n) is 12.8. The Morgan fingerprint density at radius 3 is 1.90 bits per heavy atom. The third-order valence-corrected chi connectivity index (χ3v) is 7.05. The Morgan fingerprint density at radius 2 is 1.36 bits per heavy atom. The number of amides is 2. The zero-order valence-electron chi connectivity index (χ0n) is 22.7. The van der Waals surface area contributed by atoms with E-state index in [1.54, 1.807) is 57.4 Å². The van der Waals surface area contributed by atoms with Crippen LogP contribution in [-0.2, 0) is 6.54 Å². The molecule has 3 aromatic carbocycles. The van der Waals surface area contributed by atoms with Crippen molar-refractivity contribution in [3.8, 4) is 39.8 Å². The van der Waals surface area contributed by atoms with Crippen molar-refractivity contribution in [2.45, 2.75) is 25.0 Å². The summed E-state index contributed by atoms with van der Waals surface area (Å²) in [6, 6.07) is 23.0. The number of aromatic nitrogens is 2. The summed E-state index contributed by atoms with van der Waals surface area (Å²) in [6.45, 7) is 3.46. The van der Waals surface area contributed by atoms with Gasteiger partial charge < -0.3 is 29.4 Å². The van der Waals surface area contributed by atoms with Gasteiger partial charge in [-0.05, 0) is 79.2 Å². The fourth-order valence-corrected chi connectivity index (χ4v) is 5.00. The fraction of sp³-hybridized carbons (Fsp3) is 0.267. The van der Waals surface area contributed by atoms with Crippen LogP contribution < -0.4 is 24.8 Å². The van der Waals surface area contributed by atoms with Gasteiger partial charge in [0, 0.05) is 35.7 Å². The van der Waals surface area contributed by atoms with Gasteiger partial charge in [0.15, 0.2) is 5.16 Å². The van der Waals surface area contributed by atoms with Crippen molar-refractivity contribution in [3.05, 3.63) is 72.8 Å². The van der Waals surface area contributed by atoms with Gasteiger partial charge in [0.25, 0.3) is 0 Å². The smallest absolute Gasteiger partial charge is 0.319 e. The van der Waals surface area contributed by atoms with Crippen molar-refractivity contribution >= 4 is 23.5 Å². The van der Waals surface area contributed by atoms with Gasteiger partial charge in [-0.1, -0.05) is 18.7 Å². The number of carbonyl (C=O) groups is 1. The van der Waals surface area contributed by atoms with Crippen molar-refractivity contribution in [3.63, 3.8) is 0 Å². The molecular formula is C30H34N4O4S. The zero-order valence-corrected chi connectivity index (χ0v) is 23.5. The summed E-state index contributed by atoms with van der Waals surface area (Å²) in [5.41, 5.74) is 4.73. The predicted octanol–water partition coefficient (Wildman–Crippen LogP) is 6.57. The number of hydrogen-bond acceptors (Lipinski definition) is 6. The second-order valence-corrected chi connectivity index (χ2v) is 9.72. The highest BCUT2D eigenvalue weighted by Crippen LogP contribution is 2.37. The Morgan fingerprint density at radius 1 is 0.821 bits per heavy atom. The van der Waals surface area contributed by atoms with Crippen LogP contribution in [0.4, 0.5) is 10.5 Å². The molecule has 0 aliphatic carbocycles. The molecule has 39 heavy (non-hydrogen) atoms. The number of methoxy groups -OCH3 is 3. The maximum Gasteiger partial charge on any atom is 0.319 e. The molecule has 0 aliphatic heterocycles. The minimum atomic E-state index is -0.254. The summed E-state index contributed by atoms with van der Waals surface area (Å²) in [5.74, 6) is 3.01. The summed E-state index contributed by atoms with van der Waals surface area (Å²) in [5, 5.41) is 6.68. The van der Waals surface area contributed by atoms with Crippen molar-refractivity contribution in [2.24, 2.45) is 0 Å². The molecule has 8 nitrogen and oxygen atoms in total. The number of nitrogens with zero attached hydrogens (tertiary/aromatic N) is 2. The fourth-order valence-electron chi connectivity index (χ4n) is 4.12. The van der Waals surface area contributed by atoms with Crippen molar-refractivity contribution in [1.82, 2.24) is 14.9 Å². The molecular weight excluding hydrogens is 512 g/mol. The quantitative estimate of drug-likeness (QED) is 0.154. The minimum Gasteiger partial charge on any atom is -0.497 e. The van der Waals surface area contributed by atoms with E-state index in [9.17, 15) is 4.79 Å². The molecule has 0 bridgehead atoms. The molecule has 0 saturated heterocycles. The second kappa shape index (κ2) is 13.6. The molecule has 0 radical (unpaired) electrons. The van der Waals surface area contributed by atoms with Crippen molar-refractivity contribution < 1.29 is 19.0 Å². The summed E-state index contributed by atoms with van der Waals surface area (Å²) in [6.07, 6.45) is 0.956. The van der Waals surface area contributed by atoms with E-state index in [1.165, 1.54) is 0 Å². The van der Waals surface area contributed by atoms with Gasteiger partial charge in [0.1, 0.15) is 17.2 Å². The summed E-state index contributed by atoms with van der Waals surface area (Å²) >= 11 is 1.62. The molecule has 0 unspecified atom stereocenters. The van der Waals surface area contributed by atoms with Crippen LogP contribution >= 0.6 is 11.8 Å². The maximum atomic E-state index is 12.4. The maximum absolute atomic E-state index is 12.4. The summed E-state index contributed by atoms with van der Waals surface area (Å²) in [7, 11) is 4.94. The van der Waals surface area contributed by atoms with Crippen LogP contribution in [0, 0.1) is 0 Å². The Balaban J connectivity index is 1.53. The molecule has 9 heteroatoms. The normalized spacial score (nSPS) is 10.7. The molecule has 0 aliphatic rings. The molecule has 1 aromatic heterocycles. The van der Waals surface area contributed by atoms with Gasteiger partial charge in [-0.2, -0.15) is 0 Å². The van der Waals surface area contributed by atoms with Gasteiger partial charge in [-0.15, -0.1) is 0 Å². The number of ether oxygens (including phenoxy) is 3. The number of carbonyl (C=O) groups excluding carboxylic acids is 1. The molecule has 0 saturated carbocycles. The highest BCUT2D eigenvalue weighted by atomic mass is 32.2. The van der Waals surface area contributed by atoms with Crippen LogP contribution in [0.15, 0.2) is 78.0 Å². The molecule has 204 valence electrons. The number of rotatable bonds is 12. The molecule has 0 atom stereocenters. The van der Waals surface area contributed by atoms with Gasteiger partial charge >= 0.3 is 6.03 Å². The van der Waals surface area contributed by atoms with E-state index in [0.29, 0.717) is 18.0 Å². The zero-order chi connectivity index (χ0) is 27.6. The summed E-state index contributed by atoms with van der Waals surface area (Å²) < 4.78 is 18.2. The highest BCUT2D eigenvalue weighted by molar-refractivity contribution is 7.99. The predicted molar refractivity (Wildman–Crippen MR) is 157 cm³/mol. The number of benzene rings is 3. The number of urea groups is 1. The van der Waals surface area contributed by atoms with Crippen LogP contribution in [0.2, 0.25) is 0 Å². The van der Waals surface area contributed by atoms with E-state index in [4.69, 9.17) is 19.2 Å². The van der Waals surface area contributed by atoms with Gasteiger partial charge in [0.05, 0.1) is 32.7 Å². The van der Waals surface area contributed by atoms with Crippen LogP contribution in [0.25, 0.3) is 22.5 Å². The molecule has 1 heterocycles. The summed E-state index contributed by atoms with van der Waals surface area (Å²) in [4.78, 5) is 17.5. The Kier molecular flexibility index (Phi) is 9.74. The van der Waals surface area contributed by atoms with Crippen molar-refractivity contribution in [1.29, 1.82) is 0 Å². The topological polar surface area (TPSA) is 86.6 Å². The van der Waals surface area contributed by atoms with E-state index in [-0.39, 0.29) is 6.03 Å². The highest BCUT2D eigenvalue weighted by Gasteiger charge is 2.20. The van der Waals surface area contributed by atoms with E-state index < -0.39 is 0 Å². The van der Waals surface area contributed by atoms with Crippen LogP contribution in [0.1, 0.15) is 13.3 Å². The number of hydrogen-bond donors (Lipinski definition) is 2. The standard InChI is InChI=1S/C30H34N4O4S/c1-5-19-34-28(22-8-14-25(37-3)15-9-22)27(21-6-12-24(36-2)13-7-21)33-30(34)39-20-18-31-29(35)32-23-10-16-26(38-4)17-11-23/h6-17H,5,18-20H2,1-4H3,(H2,31,32,35). The molecule has 0 fully saturated rings. The molecule has 4 aromatic rings. The lowest BCUT2D eigenvalue weighted by molar-refractivity contribution is 0.252. The van der Waals surface area contributed by atoms with E-state index in [0.717, 1.165) is 57.9 Å². The Labute approximate surface area is 233 Å². The monoisotopic (exact) mass is 546 g/mol. The van der Waals surface area contributed by atoms with E-state index >= 15 is 0 Å². The first-order valence-corrected chi connectivity index (χ1v) is 13.8. The average Bonchev–Trinajstić information content (AvgIpc) is 3.33. The van der Waals surface area contributed by atoms with Crippen LogP contribution in [0.3, 0.4) is 0 Å². The van der Waals surface area contributed by atoms with E-state index in [1.807, 2.05) is 36.4 Å². The largest absolute Gasteiger partial charge is 0.497 e. The molecule has 2 N–H and O–H groups in total. The van der Waals surface area contributed by atoms with Crippen LogP contribution in [-0.4, -0.2) is 49.2 Å². The number of nitrogens with one attached hydrogen (secondary N) is 2. The second-order valence-electron chi connectivity index (χ2n) is 8.66. The van der Waals surface area contributed by atoms with Gasteiger partial charge in [-0.25, -0.2) is 9.78 Å². The number of anilines is 1. The lowest BCUT2D eigenvalue weighted by atomic mass is 10.0. The van der Waals surface area contributed by atoms with E-state index in [2.05, 4.69) is 34.3 Å². The SMILES string of the molecule is CCCn1c(SCCNC(=O)Nc2ccc(OC)cc2)nc(-c2ccc(OC)cc2)c1-c1ccc(OC)cc1. The minimum absolute atomic E-state index is 0.254. The molecule has 0 spiro atoms. The number of thioether (sulfide) groups is 1. The van der Waals surface area contributed by atoms with Gasteiger partial charge in [-0.3, -0.25) is 0 Å². The molecule has 4 rings (SSSR count). The van der Waals surface area contributed by atoms with Crippen LogP contribution in [0.5, 0.6) is 17.2 Å². The third kappa shape index (κ3) is 7.06. The first-order chi connectivity index (χ1) is 19.1. The number of imidazole rings is 1. The molecule has 2 amide bonds. The first kappa shape index (κ1) is 27.9. The lowest BCUT2D eigenvalue weighted by Crippen LogP contribution is -2.30. The lowest BCUT2D eigenvalue weighted by Gasteiger charge is -2.13. The van der Waals surface area contributed by atoms with Crippen molar-refractivity contribution in [2.75, 3.05) is 38.9 Å². The average molecular weight is 547 g/mol. The third-order valence-electron chi connectivity index (χ3n) is 6.07. The van der Waals surface area contributed by atoms with Gasteiger partial charge in [0.2, 0.25) is 0 Å².